The molecule has 186 valence electrons. The lowest BCUT2D eigenvalue weighted by molar-refractivity contribution is 0.119. The zero-order valence-electron chi connectivity index (χ0n) is 20.4. The molecule has 4 rings (SSSR count). The second kappa shape index (κ2) is 12.6. The minimum atomic E-state index is -3.77. The molecular weight excluding hydrogens is 468 g/mol. The lowest BCUT2D eigenvalue weighted by Crippen LogP contribution is -2.39. The van der Waals surface area contributed by atoms with Gasteiger partial charge in [0.15, 0.2) is 0 Å². The van der Waals surface area contributed by atoms with Crippen LogP contribution in [0.5, 0.6) is 0 Å². The average Bonchev–Trinajstić information content (AvgIpc) is 2.91. The summed E-state index contributed by atoms with van der Waals surface area (Å²) in [6.07, 6.45) is 0. The van der Waals surface area contributed by atoms with Crippen LogP contribution in [-0.2, 0) is 21.4 Å². The second-order valence-corrected chi connectivity index (χ2v) is 10.4. The summed E-state index contributed by atoms with van der Waals surface area (Å²) in [6, 6.07) is 35.7. The first-order valence-corrected chi connectivity index (χ1v) is 13.6. The Hall–Kier alpha value is -3.29. The maximum Gasteiger partial charge on any atom is 0.241 e. The molecule has 36 heavy (non-hydrogen) atoms. The van der Waals surface area contributed by atoms with Crippen LogP contribution in [-0.4, -0.2) is 21.6 Å². The summed E-state index contributed by atoms with van der Waals surface area (Å²) in [5, 5.41) is 3.55. The Bertz CT molecular complexity index is 1300. The Morgan fingerprint density at radius 2 is 1.22 bits per heavy atom. The predicted molar refractivity (Wildman–Crippen MR) is 144 cm³/mol. The first-order chi connectivity index (χ1) is 17.5. The van der Waals surface area contributed by atoms with E-state index in [0.717, 1.165) is 22.3 Å². The van der Waals surface area contributed by atoms with Gasteiger partial charge in [-0.3, -0.25) is 0 Å². The van der Waals surface area contributed by atoms with E-state index in [1.807, 2.05) is 110 Å². The molecule has 0 aliphatic heterocycles. The molecule has 0 unspecified atom stereocenters. The Kier molecular flexibility index (Phi) is 9.03. The molecule has 4 aromatic carbocycles. The van der Waals surface area contributed by atoms with E-state index >= 15 is 0 Å². The van der Waals surface area contributed by atoms with Gasteiger partial charge in [-0.2, -0.15) is 0 Å². The summed E-state index contributed by atoms with van der Waals surface area (Å²) in [6.45, 7) is 3.51. The van der Waals surface area contributed by atoms with Gasteiger partial charge in [0, 0.05) is 6.54 Å². The molecule has 0 fully saturated rings. The minimum absolute atomic E-state index is 0.243. The fourth-order valence-corrected chi connectivity index (χ4v) is 5.32. The zero-order chi connectivity index (χ0) is 25.2. The van der Waals surface area contributed by atoms with Crippen molar-refractivity contribution in [3.63, 3.8) is 0 Å². The summed E-state index contributed by atoms with van der Waals surface area (Å²) in [7, 11) is -3.77. The molecular formula is C30H32N2O3S. The van der Waals surface area contributed by atoms with Crippen molar-refractivity contribution in [2.45, 2.75) is 30.5 Å². The van der Waals surface area contributed by atoms with Crippen molar-refractivity contribution in [2.75, 3.05) is 13.2 Å². The van der Waals surface area contributed by atoms with E-state index in [0.29, 0.717) is 19.8 Å². The number of hydrogen-bond acceptors (Lipinski definition) is 4. The molecule has 0 spiro atoms. The second-order valence-electron chi connectivity index (χ2n) is 8.70. The van der Waals surface area contributed by atoms with Crippen molar-refractivity contribution >= 4 is 10.0 Å². The lowest BCUT2D eigenvalue weighted by Gasteiger charge is -2.30. The Morgan fingerprint density at radius 1 is 0.694 bits per heavy atom. The Balaban J connectivity index is 1.56. The number of sulfonamides is 1. The van der Waals surface area contributed by atoms with Crippen molar-refractivity contribution in [1.29, 1.82) is 0 Å². The molecule has 2 N–H and O–H groups in total. The number of nitrogens with one attached hydrogen (secondary N) is 2. The zero-order valence-corrected chi connectivity index (χ0v) is 21.2. The highest BCUT2D eigenvalue weighted by Crippen LogP contribution is 2.30. The van der Waals surface area contributed by atoms with Crippen LogP contribution in [0.1, 0.15) is 34.3 Å². The standard InChI is InChI=1S/C30H32N2O3S/c1-24-17-19-28(20-18-24)36(33,34)32-30(27-15-9-4-10-16-27)29(26-13-7-3-8-14-26)31-21-22-35-23-25-11-5-2-6-12-25/h2-20,29-32H,21-23H2,1H3/t29-,30-/m1/s1. The normalized spacial score (nSPS) is 13.2. The van der Waals surface area contributed by atoms with Gasteiger partial charge in [0.1, 0.15) is 0 Å². The Morgan fingerprint density at radius 3 is 1.81 bits per heavy atom. The number of hydrogen-bond donors (Lipinski definition) is 2. The van der Waals surface area contributed by atoms with Crippen LogP contribution < -0.4 is 10.0 Å². The molecule has 0 saturated heterocycles. The third-order valence-corrected chi connectivity index (χ3v) is 7.44. The van der Waals surface area contributed by atoms with Crippen LogP contribution >= 0.6 is 0 Å². The molecule has 4 aromatic rings. The van der Waals surface area contributed by atoms with E-state index in [1.165, 1.54) is 0 Å². The highest BCUT2D eigenvalue weighted by Gasteiger charge is 2.29. The summed E-state index contributed by atoms with van der Waals surface area (Å²) in [5.74, 6) is 0. The highest BCUT2D eigenvalue weighted by atomic mass is 32.2. The third kappa shape index (κ3) is 7.12. The number of ether oxygens (including phenoxy) is 1. The van der Waals surface area contributed by atoms with Crippen molar-refractivity contribution < 1.29 is 13.2 Å². The molecule has 6 heteroatoms. The number of benzene rings is 4. The first-order valence-electron chi connectivity index (χ1n) is 12.1. The molecule has 2 atom stereocenters. The molecule has 0 bridgehead atoms. The SMILES string of the molecule is Cc1ccc(S(=O)(=O)N[C@H](c2ccccc2)[C@H](NCCOCc2ccccc2)c2ccccc2)cc1. The van der Waals surface area contributed by atoms with E-state index in [-0.39, 0.29) is 10.9 Å². The van der Waals surface area contributed by atoms with Gasteiger partial charge in [-0.25, -0.2) is 13.1 Å². The molecule has 0 radical (unpaired) electrons. The predicted octanol–water partition coefficient (Wildman–Crippen LogP) is 5.56. The summed E-state index contributed by atoms with van der Waals surface area (Å²) >= 11 is 0. The number of aryl methyl sites for hydroxylation is 1. The maximum atomic E-state index is 13.4. The summed E-state index contributed by atoms with van der Waals surface area (Å²) in [4.78, 5) is 0.243. The quantitative estimate of drug-likeness (QED) is 0.250. The van der Waals surface area contributed by atoms with Gasteiger partial charge < -0.3 is 10.1 Å². The summed E-state index contributed by atoms with van der Waals surface area (Å²) in [5.41, 5.74) is 3.98. The van der Waals surface area contributed by atoms with Gasteiger partial charge in [-0.15, -0.1) is 0 Å². The third-order valence-electron chi connectivity index (χ3n) is 5.99. The maximum absolute atomic E-state index is 13.4. The minimum Gasteiger partial charge on any atom is -0.375 e. The topological polar surface area (TPSA) is 67.4 Å². The fourth-order valence-electron chi connectivity index (χ4n) is 4.08. The van der Waals surface area contributed by atoms with Crippen LogP contribution in [0.2, 0.25) is 0 Å². The van der Waals surface area contributed by atoms with Crippen molar-refractivity contribution in [1.82, 2.24) is 10.0 Å². The molecule has 0 heterocycles. The van der Waals surface area contributed by atoms with Crippen molar-refractivity contribution in [2.24, 2.45) is 0 Å². The van der Waals surface area contributed by atoms with Crippen LogP contribution in [0.4, 0.5) is 0 Å². The number of rotatable bonds is 12. The van der Waals surface area contributed by atoms with Gasteiger partial charge in [0.2, 0.25) is 10.0 Å². The van der Waals surface area contributed by atoms with Crippen molar-refractivity contribution in [3.05, 3.63) is 138 Å². The van der Waals surface area contributed by atoms with Gasteiger partial charge >= 0.3 is 0 Å². The van der Waals surface area contributed by atoms with Crippen LogP contribution in [0, 0.1) is 6.92 Å². The van der Waals surface area contributed by atoms with Crippen LogP contribution in [0.15, 0.2) is 120 Å². The molecule has 0 aromatic heterocycles. The molecule has 5 nitrogen and oxygen atoms in total. The molecule has 0 saturated carbocycles. The van der Waals surface area contributed by atoms with Crippen molar-refractivity contribution in [3.8, 4) is 0 Å². The monoisotopic (exact) mass is 500 g/mol. The van der Waals surface area contributed by atoms with E-state index in [9.17, 15) is 8.42 Å². The molecule has 0 aliphatic carbocycles. The van der Waals surface area contributed by atoms with Crippen LogP contribution in [0.3, 0.4) is 0 Å². The lowest BCUT2D eigenvalue weighted by atomic mass is 9.94. The largest absolute Gasteiger partial charge is 0.375 e. The van der Waals surface area contributed by atoms with Gasteiger partial charge in [-0.05, 0) is 35.7 Å². The van der Waals surface area contributed by atoms with Gasteiger partial charge in [0.05, 0.1) is 30.2 Å². The fraction of sp³-hybridized carbons (Fsp3) is 0.200. The first kappa shape index (κ1) is 25.8. The smallest absolute Gasteiger partial charge is 0.241 e. The van der Waals surface area contributed by atoms with E-state index < -0.39 is 16.1 Å². The van der Waals surface area contributed by atoms with E-state index in [2.05, 4.69) is 10.0 Å². The molecule has 0 aliphatic rings. The van der Waals surface area contributed by atoms with E-state index in [4.69, 9.17) is 4.74 Å². The van der Waals surface area contributed by atoms with Gasteiger partial charge in [0.25, 0.3) is 0 Å². The summed E-state index contributed by atoms with van der Waals surface area (Å²) < 4.78 is 35.7. The molecule has 0 amide bonds. The van der Waals surface area contributed by atoms with E-state index in [1.54, 1.807) is 12.1 Å². The highest BCUT2D eigenvalue weighted by molar-refractivity contribution is 7.89. The van der Waals surface area contributed by atoms with Crippen LogP contribution in [0.25, 0.3) is 0 Å². The average molecular weight is 501 g/mol. The van der Waals surface area contributed by atoms with Gasteiger partial charge in [-0.1, -0.05) is 109 Å². The Labute approximate surface area is 214 Å².